The van der Waals surface area contributed by atoms with Crippen molar-refractivity contribution in [3.63, 3.8) is 0 Å². The van der Waals surface area contributed by atoms with Gasteiger partial charge in [-0.2, -0.15) is 0 Å². The van der Waals surface area contributed by atoms with Crippen LogP contribution in [0.1, 0.15) is 5.56 Å². The minimum absolute atomic E-state index is 0.356. The number of ether oxygens (including phenoxy) is 2. The fraction of sp³-hybridized carbons (Fsp3) is 0.118. The summed E-state index contributed by atoms with van der Waals surface area (Å²) in [6.45, 7) is 0. The highest BCUT2D eigenvalue weighted by Gasteiger charge is 2.10. The molecule has 1 N–H and O–H groups in total. The number of hydrogen-bond donors (Lipinski definition) is 1. The molecule has 0 aliphatic heterocycles. The maximum absolute atomic E-state index is 12.0. The van der Waals surface area contributed by atoms with Crippen LogP contribution in [0.3, 0.4) is 0 Å². The summed E-state index contributed by atoms with van der Waals surface area (Å²) in [5.41, 5.74) is 1.12. The molecule has 2 rings (SSSR count). The van der Waals surface area contributed by atoms with Crippen molar-refractivity contribution in [2.24, 2.45) is 0 Å². The zero-order valence-corrected chi connectivity index (χ0v) is 15.2. The Morgan fingerprint density at radius 1 is 1.04 bits per heavy atom. The second-order valence-corrected chi connectivity index (χ2v) is 5.94. The lowest BCUT2D eigenvalue weighted by molar-refractivity contribution is -0.111. The van der Waals surface area contributed by atoms with Gasteiger partial charge in [-0.3, -0.25) is 4.79 Å². The number of halogens is 3. The molecule has 0 aromatic heterocycles. The topological polar surface area (TPSA) is 47.6 Å². The lowest BCUT2D eigenvalue weighted by Crippen LogP contribution is -2.08. The normalized spacial score (nSPS) is 10.7. The average Bonchev–Trinajstić information content (AvgIpc) is 2.55. The lowest BCUT2D eigenvalue weighted by Gasteiger charge is -2.10. The van der Waals surface area contributed by atoms with Gasteiger partial charge in [0.25, 0.3) is 0 Å². The van der Waals surface area contributed by atoms with Crippen molar-refractivity contribution in [2.45, 2.75) is 0 Å². The van der Waals surface area contributed by atoms with E-state index < -0.39 is 0 Å². The molecule has 0 aliphatic carbocycles. The van der Waals surface area contributed by atoms with Crippen molar-refractivity contribution in [3.8, 4) is 11.5 Å². The van der Waals surface area contributed by atoms with Gasteiger partial charge in [0.1, 0.15) is 0 Å². The summed E-state index contributed by atoms with van der Waals surface area (Å²) in [6, 6.07) is 8.20. The van der Waals surface area contributed by atoms with Gasteiger partial charge < -0.3 is 14.8 Å². The maximum Gasteiger partial charge on any atom is 0.248 e. The van der Waals surface area contributed by atoms with Crippen LogP contribution in [-0.2, 0) is 4.79 Å². The van der Waals surface area contributed by atoms with E-state index in [1.807, 2.05) is 0 Å². The standard InChI is InChI=1S/C17H14Cl3NO3/c1-23-15-8-10(7-13(20)17(15)24-2)3-6-16(22)21-14-9-11(18)4-5-12(14)19/h3-9H,1-2H3,(H,21,22)/b6-3+. The molecule has 24 heavy (non-hydrogen) atoms. The van der Waals surface area contributed by atoms with Gasteiger partial charge in [0.2, 0.25) is 5.91 Å². The SMILES string of the molecule is COc1cc(/C=C/C(=O)Nc2cc(Cl)ccc2Cl)cc(Cl)c1OC. The molecule has 0 bridgehead atoms. The molecule has 0 saturated carbocycles. The highest BCUT2D eigenvalue weighted by Crippen LogP contribution is 2.36. The Morgan fingerprint density at radius 2 is 1.79 bits per heavy atom. The number of hydrogen-bond acceptors (Lipinski definition) is 3. The first-order chi connectivity index (χ1) is 11.4. The van der Waals surface area contributed by atoms with E-state index in [1.54, 1.807) is 36.4 Å². The van der Waals surface area contributed by atoms with Gasteiger partial charge in [-0.1, -0.05) is 34.8 Å². The zero-order chi connectivity index (χ0) is 17.7. The number of carbonyl (C=O) groups excluding carboxylic acids is 1. The summed E-state index contributed by atoms with van der Waals surface area (Å²) in [7, 11) is 3.01. The predicted molar refractivity (Wildman–Crippen MR) is 98.7 cm³/mol. The summed E-state index contributed by atoms with van der Waals surface area (Å²) >= 11 is 18.0. The first-order valence-corrected chi connectivity index (χ1v) is 7.93. The molecule has 0 heterocycles. The molecule has 126 valence electrons. The monoisotopic (exact) mass is 385 g/mol. The second kappa shape index (κ2) is 8.29. The van der Waals surface area contributed by atoms with Gasteiger partial charge in [-0.05, 0) is 42.0 Å². The van der Waals surface area contributed by atoms with Crippen molar-refractivity contribution in [2.75, 3.05) is 19.5 Å². The molecule has 7 heteroatoms. The summed E-state index contributed by atoms with van der Waals surface area (Å²) in [4.78, 5) is 12.0. The minimum Gasteiger partial charge on any atom is -0.493 e. The number of rotatable bonds is 5. The van der Waals surface area contributed by atoms with Crippen LogP contribution in [0, 0.1) is 0 Å². The van der Waals surface area contributed by atoms with E-state index in [-0.39, 0.29) is 5.91 Å². The van der Waals surface area contributed by atoms with E-state index in [4.69, 9.17) is 44.3 Å². The van der Waals surface area contributed by atoms with Crippen LogP contribution < -0.4 is 14.8 Å². The van der Waals surface area contributed by atoms with E-state index in [0.29, 0.717) is 37.8 Å². The zero-order valence-electron chi connectivity index (χ0n) is 12.9. The Hall–Kier alpha value is -1.88. The first-order valence-electron chi connectivity index (χ1n) is 6.80. The fourth-order valence-electron chi connectivity index (χ4n) is 1.97. The highest BCUT2D eigenvalue weighted by atomic mass is 35.5. The molecule has 0 radical (unpaired) electrons. The Morgan fingerprint density at radius 3 is 2.46 bits per heavy atom. The third kappa shape index (κ3) is 4.57. The number of nitrogens with one attached hydrogen (secondary N) is 1. The quantitative estimate of drug-likeness (QED) is 0.708. The van der Waals surface area contributed by atoms with Crippen molar-refractivity contribution in [1.29, 1.82) is 0 Å². The second-order valence-electron chi connectivity index (χ2n) is 4.68. The Bertz CT molecular complexity index is 791. The third-order valence-corrected chi connectivity index (χ3v) is 3.91. The van der Waals surface area contributed by atoms with Crippen LogP contribution in [-0.4, -0.2) is 20.1 Å². The molecule has 0 atom stereocenters. The van der Waals surface area contributed by atoms with Crippen LogP contribution >= 0.6 is 34.8 Å². The number of methoxy groups -OCH3 is 2. The van der Waals surface area contributed by atoms with Crippen LogP contribution in [0.15, 0.2) is 36.4 Å². The van der Waals surface area contributed by atoms with Gasteiger partial charge in [0.05, 0.1) is 30.0 Å². The molecule has 0 spiro atoms. The van der Waals surface area contributed by atoms with Gasteiger partial charge in [-0.25, -0.2) is 0 Å². The largest absolute Gasteiger partial charge is 0.493 e. The van der Waals surface area contributed by atoms with Crippen molar-refractivity contribution >= 4 is 52.5 Å². The van der Waals surface area contributed by atoms with Crippen molar-refractivity contribution in [3.05, 3.63) is 57.0 Å². The number of carbonyl (C=O) groups is 1. The molecule has 2 aromatic rings. The van der Waals surface area contributed by atoms with Crippen LogP contribution in [0.5, 0.6) is 11.5 Å². The molecule has 1 amide bonds. The van der Waals surface area contributed by atoms with E-state index in [9.17, 15) is 4.79 Å². The Labute approximate surface area is 154 Å². The summed E-state index contributed by atoms with van der Waals surface area (Å²) in [5.74, 6) is 0.555. The van der Waals surface area contributed by atoms with Gasteiger partial charge in [0.15, 0.2) is 11.5 Å². The number of amides is 1. The Kier molecular flexibility index (Phi) is 6.37. The van der Waals surface area contributed by atoms with Crippen molar-refractivity contribution in [1.82, 2.24) is 0 Å². The smallest absolute Gasteiger partial charge is 0.248 e. The van der Waals surface area contributed by atoms with Crippen LogP contribution in [0.4, 0.5) is 5.69 Å². The summed E-state index contributed by atoms with van der Waals surface area (Å²) in [5, 5.41) is 3.92. The molecule has 0 fully saturated rings. The van der Waals surface area contributed by atoms with Crippen LogP contribution in [0.2, 0.25) is 15.1 Å². The van der Waals surface area contributed by atoms with E-state index in [1.165, 1.54) is 20.3 Å². The molecule has 4 nitrogen and oxygen atoms in total. The highest BCUT2D eigenvalue weighted by molar-refractivity contribution is 6.35. The molecular weight excluding hydrogens is 373 g/mol. The molecule has 2 aromatic carbocycles. The van der Waals surface area contributed by atoms with E-state index >= 15 is 0 Å². The Balaban J connectivity index is 2.17. The van der Waals surface area contributed by atoms with E-state index in [2.05, 4.69) is 5.32 Å². The third-order valence-electron chi connectivity index (χ3n) is 3.07. The minimum atomic E-state index is -0.356. The van der Waals surface area contributed by atoms with E-state index in [0.717, 1.165) is 0 Å². The van der Waals surface area contributed by atoms with Crippen molar-refractivity contribution < 1.29 is 14.3 Å². The molecular formula is C17H14Cl3NO3. The van der Waals surface area contributed by atoms with Gasteiger partial charge in [0, 0.05) is 11.1 Å². The molecule has 0 saturated heterocycles. The molecule has 0 unspecified atom stereocenters. The predicted octanol–water partition coefficient (Wildman–Crippen LogP) is 5.32. The van der Waals surface area contributed by atoms with Crippen LogP contribution in [0.25, 0.3) is 6.08 Å². The first kappa shape index (κ1) is 18.5. The maximum atomic E-state index is 12.0. The lowest BCUT2D eigenvalue weighted by atomic mass is 10.2. The van der Waals surface area contributed by atoms with Gasteiger partial charge in [-0.15, -0.1) is 0 Å². The summed E-state index contributed by atoms with van der Waals surface area (Å²) in [6.07, 6.45) is 2.95. The number of benzene rings is 2. The summed E-state index contributed by atoms with van der Waals surface area (Å²) < 4.78 is 10.4. The number of anilines is 1. The van der Waals surface area contributed by atoms with Gasteiger partial charge >= 0.3 is 0 Å². The fourth-order valence-corrected chi connectivity index (χ4v) is 2.61. The molecule has 0 aliphatic rings. The average molecular weight is 387 g/mol.